The maximum Gasteiger partial charge on any atom is 0.0604 e. The van der Waals surface area contributed by atoms with Crippen LogP contribution in [0.4, 0.5) is 0 Å². The van der Waals surface area contributed by atoms with Gasteiger partial charge in [-0.3, -0.25) is 0 Å². The van der Waals surface area contributed by atoms with Crippen molar-refractivity contribution in [1.82, 2.24) is 0 Å². The average molecular weight is 208 g/mol. The van der Waals surface area contributed by atoms with Gasteiger partial charge >= 0.3 is 0 Å². The van der Waals surface area contributed by atoms with E-state index < -0.39 is 0 Å². The van der Waals surface area contributed by atoms with E-state index in [0.29, 0.717) is 11.3 Å². The number of hydrogen-bond acceptors (Lipinski definition) is 1. The van der Waals surface area contributed by atoms with Gasteiger partial charge in [0.1, 0.15) is 0 Å². The number of allylic oxidation sites excluding steroid dienone is 2. The second-order valence-electron chi connectivity index (χ2n) is 6.54. The van der Waals surface area contributed by atoms with Gasteiger partial charge in [-0.1, -0.05) is 32.9 Å². The highest BCUT2D eigenvalue weighted by Crippen LogP contribution is 2.50. The molecule has 1 heteroatoms. The molecule has 2 rings (SSSR count). The third kappa shape index (κ3) is 1.99. The molecule has 1 N–H and O–H groups in total. The van der Waals surface area contributed by atoms with Crippen molar-refractivity contribution in [2.24, 2.45) is 16.7 Å². The maximum absolute atomic E-state index is 10.4. The van der Waals surface area contributed by atoms with Crippen molar-refractivity contribution in [2.75, 3.05) is 0 Å². The van der Waals surface area contributed by atoms with Crippen LogP contribution in [0.1, 0.15) is 52.9 Å². The second kappa shape index (κ2) is 3.62. The molecule has 1 saturated carbocycles. The molecule has 0 aromatic heterocycles. The predicted octanol–water partition coefficient (Wildman–Crippen LogP) is 3.53. The molecule has 0 amide bonds. The summed E-state index contributed by atoms with van der Waals surface area (Å²) in [6.45, 7) is 6.88. The van der Waals surface area contributed by atoms with Crippen LogP contribution in [0.3, 0.4) is 0 Å². The Morgan fingerprint density at radius 3 is 2.67 bits per heavy atom. The first-order valence-electron chi connectivity index (χ1n) is 6.27. The summed E-state index contributed by atoms with van der Waals surface area (Å²) in [6, 6.07) is 0. The molecule has 3 atom stereocenters. The molecule has 0 aromatic carbocycles. The predicted molar refractivity (Wildman–Crippen MR) is 63.6 cm³/mol. The molecule has 0 saturated heterocycles. The van der Waals surface area contributed by atoms with Crippen molar-refractivity contribution in [2.45, 2.75) is 59.0 Å². The van der Waals surface area contributed by atoms with E-state index in [1.807, 2.05) is 0 Å². The van der Waals surface area contributed by atoms with E-state index in [0.717, 1.165) is 12.8 Å². The highest BCUT2D eigenvalue weighted by Gasteiger charge is 2.45. The number of aliphatic hydroxyl groups excluding tert-OH is 1. The van der Waals surface area contributed by atoms with Crippen molar-refractivity contribution in [3.05, 3.63) is 12.2 Å². The zero-order chi connectivity index (χ0) is 11.1. The third-order valence-corrected chi connectivity index (χ3v) is 4.75. The first-order chi connectivity index (χ1) is 6.94. The molecule has 0 spiro atoms. The molecular formula is C14H24O. The Balaban J connectivity index is 2.25. The van der Waals surface area contributed by atoms with Crippen LogP contribution in [-0.4, -0.2) is 11.2 Å². The van der Waals surface area contributed by atoms with Crippen LogP contribution in [0.25, 0.3) is 0 Å². The Labute approximate surface area is 93.6 Å². The van der Waals surface area contributed by atoms with E-state index in [9.17, 15) is 5.11 Å². The smallest absolute Gasteiger partial charge is 0.0604 e. The maximum atomic E-state index is 10.4. The van der Waals surface area contributed by atoms with Crippen LogP contribution >= 0.6 is 0 Å². The zero-order valence-electron chi connectivity index (χ0n) is 10.3. The minimum absolute atomic E-state index is 0.120. The Morgan fingerprint density at radius 2 is 1.93 bits per heavy atom. The van der Waals surface area contributed by atoms with E-state index in [4.69, 9.17) is 0 Å². The van der Waals surface area contributed by atoms with Gasteiger partial charge in [0.25, 0.3) is 0 Å². The summed E-state index contributed by atoms with van der Waals surface area (Å²) in [5.41, 5.74) is 0.461. The Hall–Kier alpha value is -0.300. The van der Waals surface area contributed by atoms with Gasteiger partial charge in [0.05, 0.1) is 6.10 Å². The molecule has 0 radical (unpaired) electrons. The van der Waals surface area contributed by atoms with E-state index in [1.165, 1.54) is 19.3 Å². The number of hydrogen-bond donors (Lipinski definition) is 1. The van der Waals surface area contributed by atoms with E-state index in [2.05, 4.69) is 32.9 Å². The summed E-state index contributed by atoms with van der Waals surface area (Å²) >= 11 is 0. The molecule has 3 unspecified atom stereocenters. The Morgan fingerprint density at radius 1 is 1.20 bits per heavy atom. The highest BCUT2D eigenvalue weighted by atomic mass is 16.3. The van der Waals surface area contributed by atoms with Crippen LogP contribution in [0.2, 0.25) is 0 Å². The first kappa shape index (κ1) is 11.2. The Bertz CT molecular complexity index is 267. The quantitative estimate of drug-likeness (QED) is 0.604. The molecule has 2 aliphatic carbocycles. The standard InChI is InChI=1S/C14H24O/c1-13(2)9-7-11-6-4-5-8-14(11,3)12(15)10-13/h4-5,11-12,15H,6-10H2,1-3H3. The van der Waals surface area contributed by atoms with Crippen molar-refractivity contribution >= 4 is 0 Å². The third-order valence-electron chi connectivity index (χ3n) is 4.75. The lowest BCUT2D eigenvalue weighted by Gasteiger charge is -2.41. The van der Waals surface area contributed by atoms with Gasteiger partial charge in [0.15, 0.2) is 0 Å². The van der Waals surface area contributed by atoms with Gasteiger partial charge in [-0.15, -0.1) is 0 Å². The molecule has 1 nitrogen and oxygen atoms in total. The summed E-state index contributed by atoms with van der Waals surface area (Å²) < 4.78 is 0. The summed E-state index contributed by atoms with van der Waals surface area (Å²) in [7, 11) is 0. The lowest BCUT2D eigenvalue weighted by molar-refractivity contribution is -0.0163. The van der Waals surface area contributed by atoms with Crippen LogP contribution in [0.15, 0.2) is 12.2 Å². The SMILES string of the molecule is CC1(C)CCC2CC=CCC2(C)C(O)C1. The lowest BCUT2D eigenvalue weighted by Crippen LogP contribution is -2.39. The van der Waals surface area contributed by atoms with E-state index in [1.54, 1.807) is 0 Å². The molecule has 1 fully saturated rings. The normalized spacial score (nSPS) is 44.5. The lowest BCUT2D eigenvalue weighted by atomic mass is 9.66. The molecule has 0 heterocycles. The molecule has 0 aromatic rings. The number of aliphatic hydroxyl groups is 1. The van der Waals surface area contributed by atoms with Gasteiger partial charge in [-0.05, 0) is 43.4 Å². The number of rotatable bonds is 0. The fourth-order valence-electron chi connectivity index (χ4n) is 3.31. The molecule has 0 aliphatic heterocycles. The molecule has 86 valence electrons. The van der Waals surface area contributed by atoms with Gasteiger partial charge in [-0.25, -0.2) is 0 Å². The highest BCUT2D eigenvalue weighted by molar-refractivity contribution is 5.05. The summed E-state index contributed by atoms with van der Waals surface area (Å²) in [6.07, 6.45) is 10.2. The topological polar surface area (TPSA) is 20.2 Å². The molecular weight excluding hydrogens is 184 g/mol. The fraction of sp³-hybridized carbons (Fsp3) is 0.857. The second-order valence-corrected chi connectivity index (χ2v) is 6.54. The van der Waals surface area contributed by atoms with Gasteiger partial charge in [0.2, 0.25) is 0 Å². The van der Waals surface area contributed by atoms with Crippen LogP contribution < -0.4 is 0 Å². The monoisotopic (exact) mass is 208 g/mol. The minimum atomic E-state index is -0.120. The van der Waals surface area contributed by atoms with Crippen molar-refractivity contribution < 1.29 is 5.11 Å². The van der Waals surface area contributed by atoms with E-state index in [-0.39, 0.29) is 11.5 Å². The van der Waals surface area contributed by atoms with Crippen molar-refractivity contribution in [3.63, 3.8) is 0 Å². The van der Waals surface area contributed by atoms with E-state index >= 15 is 0 Å². The average Bonchev–Trinajstić information content (AvgIpc) is 2.23. The van der Waals surface area contributed by atoms with Crippen LogP contribution in [0.5, 0.6) is 0 Å². The molecule has 0 bridgehead atoms. The van der Waals surface area contributed by atoms with Crippen molar-refractivity contribution in [3.8, 4) is 0 Å². The van der Waals surface area contributed by atoms with Gasteiger partial charge in [0, 0.05) is 5.41 Å². The van der Waals surface area contributed by atoms with Crippen LogP contribution in [-0.2, 0) is 0 Å². The summed E-state index contributed by atoms with van der Waals surface area (Å²) in [5, 5.41) is 10.4. The molecule has 15 heavy (non-hydrogen) atoms. The first-order valence-corrected chi connectivity index (χ1v) is 6.27. The number of fused-ring (bicyclic) bond motifs is 1. The largest absolute Gasteiger partial charge is 0.393 e. The van der Waals surface area contributed by atoms with Gasteiger partial charge < -0.3 is 5.11 Å². The fourth-order valence-corrected chi connectivity index (χ4v) is 3.31. The minimum Gasteiger partial charge on any atom is -0.393 e. The van der Waals surface area contributed by atoms with Gasteiger partial charge in [-0.2, -0.15) is 0 Å². The zero-order valence-corrected chi connectivity index (χ0v) is 10.3. The Kier molecular flexibility index (Phi) is 2.70. The summed E-state index contributed by atoms with van der Waals surface area (Å²) in [5.74, 6) is 0.694. The van der Waals surface area contributed by atoms with Crippen molar-refractivity contribution in [1.29, 1.82) is 0 Å². The molecule has 2 aliphatic rings. The summed E-state index contributed by atoms with van der Waals surface area (Å²) in [4.78, 5) is 0. The van der Waals surface area contributed by atoms with Crippen LogP contribution in [0, 0.1) is 16.7 Å².